The first kappa shape index (κ1) is 16.0. The number of hydrogen-bond acceptors (Lipinski definition) is 2. The number of halogens is 2. The predicted molar refractivity (Wildman–Crippen MR) is 83.8 cm³/mol. The average molecular weight is 321 g/mol. The molecular formula is C16H14ClFN2O2. The summed E-state index contributed by atoms with van der Waals surface area (Å²) < 4.78 is 13.4. The number of carbonyl (C=O) groups excluding carboxylic acids is 2. The number of nitrogens with two attached hydrogens (primary N) is 1. The Hall–Kier alpha value is -2.40. The van der Waals surface area contributed by atoms with Gasteiger partial charge in [-0.05, 0) is 43.2 Å². The van der Waals surface area contributed by atoms with Gasteiger partial charge in [0, 0.05) is 0 Å². The lowest BCUT2D eigenvalue weighted by Gasteiger charge is -2.12. The smallest absolute Gasteiger partial charge is 0.257 e. The van der Waals surface area contributed by atoms with E-state index in [1.54, 1.807) is 25.1 Å². The van der Waals surface area contributed by atoms with E-state index in [9.17, 15) is 14.0 Å². The summed E-state index contributed by atoms with van der Waals surface area (Å²) in [5.41, 5.74) is 6.92. The molecule has 0 aromatic heterocycles. The SMILES string of the molecule is Cc1cc(C(=O)Nc2cccc(C)c2C(N)=O)c(Cl)cc1F. The van der Waals surface area contributed by atoms with Crippen LogP contribution >= 0.6 is 11.6 Å². The Morgan fingerprint density at radius 2 is 1.86 bits per heavy atom. The molecule has 0 aliphatic heterocycles. The molecule has 0 aliphatic carbocycles. The summed E-state index contributed by atoms with van der Waals surface area (Å²) in [6, 6.07) is 7.40. The summed E-state index contributed by atoms with van der Waals surface area (Å²) in [6.45, 7) is 3.24. The lowest BCUT2D eigenvalue weighted by molar-refractivity contribution is 0.100. The lowest BCUT2D eigenvalue weighted by Crippen LogP contribution is -2.19. The van der Waals surface area contributed by atoms with Crippen LogP contribution in [0.1, 0.15) is 31.8 Å². The molecule has 0 radical (unpaired) electrons. The van der Waals surface area contributed by atoms with Gasteiger partial charge in [0.1, 0.15) is 5.82 Å². The number of nitrogens with one attached hydrogen (secondary N) is 1. The number of benzene rings is 2. The van der Waals surface area contributed by atoms with Crippen LogP contribution < -0.4 is 11.1 Å². The maximum Gasteiger partial charge on any atom is 0.257 e. The van der Waals surface area contributed by atoms with E-state index in [1.165, 1.54) is 13.0 Å². The molecule has 2 amide bonds. The maximum atomic E-state index is 13.4. The summed E-state index contributed by atoms with van der Waals surface area (Å²) in [5, 5.41) is 2.58. The van der Waals surface area contributed by atoms with Crippen LogP contribution in [0.5, 0.6) is 0 Å². The molecule has 0 fully saturated rings. The molecule has 0 saturated carbocycles. The molecule has 22 heavy (non-hydrogen) atoms. The van der Waals surface area contributed by atoms with E-state index in [1.807, 2.05) is 0 Å². The van der Waals surface area contributed by atoms with Crippen molar-refractivity contribution in [1.82, 2.24) is 0 Å². The van der Waals surface area contributed by atoms with Gasteiger partial charge in [-0.3, -0.25) is 9.59 Å². The van der Waals surface area contributed by atoms with E-state index in [0.29, 0.717) is 11.1 Å². The van der Waals surface area contributed by atoms with Crippen molar-refractivity contribution in [1.29, 1.82) is 0 Å². The second-order valence-corrected chi connectivity index (χ2v) is 5.30. The van der Waals surface area contributed by atoms with Gasteiger partial charge in [-0.1, -0.05) is 23.7 Å². The second kappa shape index (κ2) is 6.15. The van der Waals surface area contributed by atoms with Gasteiger partial charge < -0.3 is 11.1 Å². The Morgan fingerprint density at radius 1 is 1.18 bits per heavy atom. The fourth-order valence-corrected chi connectivity index (χ4v) is 2.36. The Balaban J connectivity index is 2.40. The monoisotopic (exact) mass is 320 g/mol. The van der Waals surface area contributed by atoms with Gasteiger partial charge in [-0.15, -0.1) is 0 Å². The number of anilines is 1. The zero-order valence-electron chi connectivity index (χ0n) is 12.0. The van der Waals surface area contributed by atoms with Crippen LogP contribution in [-0.2, 0) is 0 Å². The van der Waals surface area contributed by atoms with Crippen molar-refractivity contribution in [3.63, 3.8) is 0 Å². The first-order valence-corrected chi connectivity index (χ1v) is 6.85. The van der Waals surface area contributed by atoms with E-state index in [0.717, 1.165) is 6.07 Å². The van der Waals surface area contributed by atoms with E-state index in [4.69, 9.17) is 17.3 Å². The predicted octanol–water partition coefficient (Wildman–Crippen LogP) is 3.45. The third-order valence-electron chi connectivity index (χ3n) is 3.26. The molecule has 114 valence electrons. The van der Waals surface area contributed by atoms with Gasteiger partial charge >= 0.3 is 0 Å². The van der Waals surface area contributed by atoms with Crippen LogP contribution in [0.15, 0.2) is 30.3 Å². The van der Waals surface area contributed by atoms with Crippen LogP contribution in [0.25, 0.3) is 0 Å². The molecule has 6 heteroatoms. The quantitative estimate of drug-likeness (QED) is 0.909. The lowest BCUT2D eigenvalue weighted by atomic mass is 10.1. The Kier molecular flexibility index (Phi) is 4.47. The summed E-state index contributed by atoms with van der Waals surface area (Å²) in [7, 11) is 0. The highest BCUT2D eigenvalue weighted by Gasteiger charge is 2.17. The normalized spacial score (nSPS) is 10.4. The average Bonchev–Trinajstić information content (AvgIpc) is 2.42. The van der Waals surface area contributed by atoms with Crippen LogP contribution in [-0.4, -0.2) is 11.8 Å². The van der Waals surface area contributed by atoms with Crippen LogP contribution in [0.2, 0.25) is 5.02 Å². The van der Waals surface area contributed by atoms with E-state index < -0.39 is 17.6 Å². The molecule has 4 nitrogen and oxygen atoms in total. The van der Waals surface area contributed by atoms with Gasteiger partial charge in [-0.2, -0.15) is 0 Å². The minimum atomic E-state index is -0.644. The van der Waals surface area contributed by atoms with Gasteiger partial charge in [-0.25, -0.2) is 4.39 Å². The molecule has 0 heterocycles. The van der Waals surface area contributed by atoms with Crippen molar-refractivity contribution in [2.75, 3.05) is 5.32 Å². The third-order valence-corrected chi connectivity index (χ3v) is 3.57. The highest BCUT2D eigenvalue weighted by Crippen LogP contribution is 2.24. The van der Waals surface area contributed by atoms with E-state index >= 15 is 0 Å². The van der Waals surface area contributed by atoms with Crippen LogP contribution in [0.3, 0.4) is 0 Å². The van der Waals surface area contributed by atoms with E-state index in [-0.39, 0.29) is 21.8 Å². The largest absolute Gasteiger partial charge is 0.366 e. The number of rotatable bonds is 3. The van der Waals surface area contributed by atoms with Crippen LogP contribution in [0, 0.1) is 19.7 Å². The number of aryl methyl sites for hydroxylation is 2. The number of hydrogen-bond donors (Lipinski definition) is 2. The van der Waals surface area contributed by atoms with Gasteiger partial charge in [0.2, 0.25) is 0 Å². The van der Waals surface area contributed by atoms with Crippen molar-refractivity contribution in [3.8, 4) is 0 Å². The molecular weight excluding hydrogens is 307 g/mol. The highest BCUT2D eigenvalue weighted by atomic mass is 35.5. The first-order valence-electron chi connectivity index (χ1n) is 6.47. The molecule has 2 rings (SSSR count). The molecule has 2 aromatic carbocycles. The maximum absolute atomic E-state index is 13.4. The van der Waals surface area contributed by atoms with Crippen molar-refractivity contribution in [2.24, 2.45) is 5.73 Å². The summed E-state index contributed by atoms with van der Waals surface area (Å²) in [5.74, 6) is -1.68. The molecule has 0 spiro atoms. The minimum absolute atomic E-state index is 0.00567. The van der Waals surface area contributed by atoms with Crippen molar-refractivity contribution >= 4 is 29.1 Å². The topological polar surface area (TPSA) is 72.2 Å². The molecule has 0 saturated heterocycles. The van der Waals surface area contributed by atoms with E-state index in [2.05, 4.69) is 5.32 Å². The molecule has 3 N–H and O–H groups in total. The number of carbonyl (C=O) groups is 2. The molecule has 2 aromatic rings. The van der Waals surface area contributed by atoms with Gasteiger partial charge in [0.15, 0.2) is 0 Å². The molecule has 0 bridgehead atoms. The zero-order valence-corrected chi connectivity index (χ0v) is 12.8. The molecule has 0 atom stereocenters. The third kappa shape index (κ3) is 3.09. The minimum Gasteiger partial charge on any atom is -0.366 e. The second-order valence-electron chi connectivity index (χ2n) is 4.90. The van der Waals surface area contributed by atoms with Crippen molar-refractivity contribution < 1.29 is 14.0 Å². The molecule has 0 aliphatic rings. The molecule has 0 unspecified atom stereocenters. The Morgan fingerprint density at radius 3 is 2.50 bits per heavy atom. The van der Waals surface area contributed by atoms with Gasteiger partial charge in [0.05, 0.1) is 21.8 Å². The number of primary amides is 1. The van der Waals surface area contributed by atoms with Crippen molar-refractivity contribution in [2.45, 2.75) is 13.8 Å². The first-order chi connectivity index (χ1) is 10.3. The summed E-state index contributed by atoms with van der Waals surface area (Å²) >= 11 is 5.90. The fraction of sp³-hybridized carbons (Fsp3) is 0.125. The van der Waals surface area contributed by atoms with Gasteiger partial charge in [0.25, 0.3) is 11.8 Å². The number of amides is 2. The fourth-order valence-electron chi connectivity index (χ4n) is 2.12. The zero-order chi connectivity index (χ0) is 16.4. The van der Waals surface area contributed by atoms with Crippen LogP contribution in [0.4, 0.5) is 10.1 Å². The highest BCUT2D eigenvalue weighted by molar-refractivity contribution is 6.34. The Bertz CT molecular complexity index is 775. The summed E-state index contributed by atoms with van der Waals surface area (Å²) in [6.07, 6.45) is 0. The summed E-state index contributed by atoms with van der Waals surface area (Å²) in [4.78, 5) is 23.8. The Labute approximate surface area is 132 Å². The van der Waals surface area contributed by atoms with Crippen molar-refractivity contribution in [3.05, 3.63) is 63.4 Å². The standard InChI is InChI=1S/C16H14ClFN2O2/c1-8-4-3-5-13(14(8)15(19)21)20-16(22)10-6-9(2)12(18)7-11(10)17/h3-7H,1-2H3,(H2,19,21)(H,20,22).